The van der Waals surface area contributed by atoms with Gasteiger partial charge in [-0.3, -0.25) is 9.52 Å². The van der Waals surface area contributed by atoms with Gasteiger partial charge in [-0.05, 0) is 36.4 Å². The summed E-state index contributed by atoms with van der Waals surface area (Å²) in [5.74, 6) is -1.94. The predicted molar refractivity (Wildman–Crippen MR) is 92.0 cm³/mol. The van der Waals surface area contributed by atoms with Crippen molar-refractivity contribution in [2.24, 2.45) is 0 Å². The third-order valence-electron chi connectivity index (χ3n) is 3.07. The largest absolute Gasteiger partial charge is 0.416 e. The molecule has 0 saturated heterocycles. The molecule has 0 fully saturated rings. The lowest BCUT2D eigenvalue weighted by Crippen LogP contribution is -2.18. The normalized spacial score (nSPS) is 11.9. The quantitative estimate of drug-likeness (QED) is 0.678. The van der Waals surface area contributed by atoms with E-state index in [0.717, 1.165) is 24.5 Å². The molecule has 0 aliphatic heterocycles. The average Bonchev–Trinajstić information content (AvgIpc) is 2.46. The van der Waals surface area contributed by atoms with E-state index in [9.17, 15) is 30.8 Å². The van der Waals surface area contributed by atoms with Gasteiger partial charge in [-0.15, -0.1) is 0 Å². The minimum Gasteiger partial charge on any atom is -0.320 e. The molecular formula is C15H11BrF4N2O3S. The lowest BCUT2D eigenvalue weighted by Gasteiger charge is -2.15. The van der Waals surface area contributed by atoms with E-state index >= 15 is 0 Å². The van der Waals surface area contributed by atoms with Crippen molar-refractivity contribution in [1.82, 2.24) is 0 Å². The molecule has 0 spiro atoms. The van der Waals surface area contributed by atoms with Gasteiger partial charge in [0.1, 0.15) is 5.82 Å². The van der Waals surface area contributed by atoms with Crippen LogP contribution in [0.5, 0.6) is 0 Å². The highest BCUT2D eigenvalue weighted by Gasteiger charge is 2.31. The summed E-state index contributed by atoms with van der Waals surface area (Å²) in [5.41, 5.74) is -2.28. The Kier molecular flexibility index (Phi) is 5.61. The smallest absolute Gasteiger partial charge is 0.320 e. The minimum absolute atomic E-state index is 0.286. The van der Waals surface area contributed by atoms with Gasteiger partial charge >= 0.3 is 6.18 Å². The first-order chi connectivity index (χ1) is 11.9. The number of sulfonamides is 1. The molecule has 0 heterocycles. The number of halogens is 5. The topological polar surface area (TPSA) is 75.3 Å². The van der Waals surface area contributed by atoms with Crippen LogP contribution in [0.2, 0.25) is 0 Å². The molecular weight excluding hydrogens is 444 g/mol. The maximum atomic E-state index is 13.9. The van der Waals surface area contributed by atoms with Crippen LogP contribution in [-0.4, -0.2) is 20.6 Å². The molecule has 140 valence electrons. The SMILES string of the molecule is CS(=O)(=O)Nc1ccc(C(F)(F)F)cc1NC(=O)c1ccc(Br)cc1F. The zero-order chi connectivity index (χ0) is 19.7. The second-order valence-electron chi connectivity index (χ2n) is 5.21. The molecule has 2 aromatic carbocycles. The molecule has 0 saturated carbocycles. The molecule has 0 aliphatic rings. The van der Waals surface area contributed by atoms with E-state index < -0.39 is 44.7 Å². The summed E-state index contributed by atoms with van der Waals surface area (Å²) in [6, 6.07) is 5.59. The molecule has 2 aromatic rings. The zero-order valence-electron chi connectivity index (χ0n) is 13.0. The lowest BCUT2D eigenvalue weighted by molar-refractivity contribution is -0.137. The van der Waals surface area contributed by atoms with Crippen LogP contribution in [0.3, 0.4) is 0 Å². The summed E-state index contributed by atoms with van der Waals surface area (Å²) in [7, 11) is -3.83. The van der Waals surface area contributed by atoms with Crippen LogP contribution >= 0.6 is 15.9 Å². The summed E-state index contributed by atoms with van der Waals surface area (Å²) < 4.78 is 77.6. The monoisotopic (exact) mass is 454 g/mol. The number of alkyl halides is 3. The Bertz CT molecular complexity index is 962. The van der Waals surface area contributed by atoms with Gasteiger partial charge in [0.15, 0.2) is 0 Å². The molecule has 11 heteroatoms. The number of hydrogen-bond acceptors (Lipinski definition) is 3. The first-order valence-electron chi connectivity index (χ1n) is 6.82. The van der Waals surface area contributed by atoms with Gasteiger partial charge in [0.25, 0.3) is 5.91 Å². The maximum absolute atomic E-state index is 13.9. The first kappa shape index (κ1) is 20.2. The highest BCUT2D eigenvalue weighted by atomic mass is 79.9. The number of carbonyl (C=O) groups excluding carboxylic acids is 1. The molecule has 26 heavy (non-hydrogen) atoms. The molecule has 0 aromatic heterocycles. The molecule has 2 rings (SSSR count). The van der Waals surface area contributed by atoms with Crippen LogP contribution in [0.15, 0.2) is 40.9 Å². The van der Waals surface area contributed by atoms with Crippen molar-refractivity contribution in [1.29, 1.82) is 0 Å². The Morgan fingerprint density at radius 2 is 1.73 bits per heavy atom. The van der Waals surface area contributed by atoms with E-state index in [1.807, 2.05) is 4.72 Å². The van der Waals surface area contributed by atoms with Crippen LogP contribution in [-0.2, 0) is 16.2 Å². The molecule has 0 radical (unpaired) electrons. The van der Waals surface area contributed by atoms with Crippen molar-refractivity contribution in [3.63, 3.8) is 0 Å². The molecule has 0 bridgehead atoms. The Balaban J connectivity index is 2.45. The Hall–Kier alpha value is -2.14. The summed E-state index contributed by atoms with van der Waals surface area (Å²) >= 11 is 3.01. The number of benzene rings is 2. The molecule has 2 N–H and O–H groups in total. The van der Waals surface area contributed by atoms with E-state index in [1.54, 1.807) is 0 Å². The van der Waals surface area contributed by atoms with E-state index in [4.69, 9.17) is 0 Å². The van der Waals surface area contributed by atoms with E-state index in [1.165, 1.54) is 6.07 Å². The fourth-order valence-corrected chi connectivity index (χ4v) is 2.89. The van der Waals surface area contributed by atoms with Gasteiger partial charge in [0.2, 0.25) is 10.0 Å². The van der Waals surface area contributed by atoms with Gasteiger partial charge in [-0.25, -0.2) is 12.8 Å². The Morgan fingerprint density at radius 3 is 2.27 bits per heavy atom. The molecule has 0 aliphatic carbocycles. The number of anilines is 2. The zero-order valence-corrected chi connectivity index (χ0v) is 15.4. The number of amides is 1. The number of nitrogens with one attached hydrogen (secondary N) is 2. The van der Waals surface area contributed by atoms with Crippen molar-refractivity contribution in [3.8, 4) is 0 Å². The summed E-state index contributed by atoms with van der Waals surface area (Å²) in [4.78, 5) is 12.2. The van der Waals surface area contributed by atoms with Crippen molar-refractivity contribution in [3.05, 3.63) is 57.8 Å². The number of hydrogen-bond donors (Lipinski definition) is 2. The van der Waals surface area contributed by atoms with Crippen LogP contribution in [0, 0.1) is 5.82 Å². The van der Waals surface area contributed by atoms with Crippen LogP contribution in [0.1, 0.15) is 15.9 Å². The van der Waals surface area contributed by atoms with Crippen LogP contribution < -0.4 is 10.0 Å². The van der Waals surface area contributed by atoms with Crippen molar-refractivity contribution < 1.29 is 30.8 Å². The number of carbonyl (C=O) groups is 1. The molecule has 0 atom stereocenters. The summed E-state index contributed by atoms with van der Waals surface area (Å²) in [6.45, 7) is 0. The van der Waals surface area contributed by atoms with Gasteiger partial charge in [0.05, 0.1) is 28.8 Å². The second-order valence-corrected chi connectivity index (χ2v) is 7.87. The highest BCUT2D eigenvalue weighted by Crippen LogP contribution is 2.34. The van der Waals surface area contributed by atoms with E-state index in [2.05, 4.69) is 21.2 Å². The molecule has 1 amide bonds. The summed E-state index contributed by atoms with van der Waals surface area (Å²) in [5, 5.41) is 2.10. The molecule has 5 nitrogen and oxygen atoms in total. The maximum Gasteiger partial charge on any atom is 0.416 e. The van der Waals surface area contributed by atoms with Gasteiger partial charge in [-0.1, -0.05) is 15.9 Å². The second kappa shape index (κ2) is 7.23. The Labute approximate surface area is 154 Å². The standard InChI is InChI=1S/C15H11BrF4N2O3S/c1-26(24,25)22-12-5-2-8(15(18,19)20)6-13(12)21-14(23)10-4-3-9(16)7-11(10)17/h2-7,22H,1H3,(H,21,23). The van der Waals surface area contributed by atoms with E-state index in [-0.39, 0.29) is 5.69 Å². The fraction of sp³-hybridized carbons (Fsp3) is 0.133. The van der Waals surface area contributed by atoms with Gasteiger partial charge in [0, 0.05) is 4.47 Å². The van der Waals surface area contributed by atoms with Crippen molar-refractivity contribution >= 4 is 43.2 Å². The predicted octanol–water partition coefficient (Wildman–Crippen LogP) is 4.23. The minimum atomic E-state index is -4.72. The number of rotatable bonds is 4. The third kappa shape index (κ3) is 5.18. The lowest BCUT2D eigenvalue weighted by atomic mass is 10.1. The van der Waals surface area contributed by atoms with Gasteiger partial charge < -0.3 is 5.32 Å². The fourth-order valence-electron chi connectivity index (χ4n) is 1.98. The first-order valence-corrected chi connectivity index (χ1v) is 9.51. The summed E-state index contributed by atoms with van der Waals surface area (Å²) in [6.07, 6.45) is -3.92. The van der Waals surface area contributed by atoms with Gasteiger partial charge in [-0.2, -0.15) is 13.2 Å². The van der Waals surface area contributed by atoms with Crippen molar-refractivity contribution in [2.45, 2.75) is 6.18 Å². The van der Waals surface area contributed by atoms with E-state index in [0.29, 0.717) is 16.6 Å². The van der Waals surface area contributed by atoms with Crippen LogP contribution in [0.25, 0.3) is 0 Å². The molecule has 0 unspecified atom stereocenters. The Morgan fingerprint density at radius 1 is 1.08 bits per heavy atom. The van der Waals surface area contributed by atoms with Crippen molar-refractivity contribution in [2.75, 3.05) is 16.3 Å². The third-order valence-corrected chi connectivity index (χ3v) is 4.15. The van der Waals surface area contributed by atoms with Crippen LogP contribution in [0.4, 0.5) is 28.9 Å². The highest BCUT2D eigenvalue weighted by molar-refractivity contribution is 9.10. The average molecular weight is 455 g/mol.